The van der Waals surface area contributed by atoms with E-state index in [1.54, 1.807) is 6.33 Å². The van der Waals surface area contributed by atoms with Crippen LogP contribution in [0.25, 0.3) is 20.4 Å². The predicted octanol–water partition coefficient (Wildman–Crippen LogP) is 6.99. The van der Waals surface area contributed by atoms with Crippen LogP contribution in [0.5, 0.6) is 0 Å². The van der Waals surface area contributed by atoms with Gasteiger partial charge in [0.1, 0.15) is 16.2 Å². The molecule has 0 atom stereocenters. The summed E-state index contributed by atoms with van der Waals surface area (Å²) in [4.78, 5) is 15.7. The highest BCUT2D eigenvalue weighted by atomic mass is 32.2. The fraction of sp³-hybridized carbons (Fsp3) is 0.609. The summed E-state index contributed by atoms with van der Waals surface area (Å²) in [6, 6.07) is 0. The molecule has 0 amide bonds. The average Bonchev–Trinajstić information content (AvgIpc) is 3.07. The van der Waals surface area contributed by atoms with Gasteiger partial charge >= 0.3 is 0 Å². The van der Waals surface area contributed by atoms with Gasteiger partial charge in [-0.25, -0.2) is 15.0 Å². The van der Waals surface area contributed by atoms with E-state index in [1.807, 2.05) is 23.1 Å². The molecule has 3 aromatic heterocycles. The number of aromatic nitrogens is 3. The molecule has 0 saturated heterocycles. The van der Waals surface area contributed by atoms with E-state index in [2.05, 4.69) is 25.8 Å². The third-order valence-electron chi connectivity index (χ3n) is 5.61. The molecule has 3 aromatic rings. The quantitative estimate of drug-likeness (QED) is 0.227. The molecule has 0 bridgehead atoms. The minimum Gasteiger partial charge on any atom is -0.242 e. The molecule has 4 rings (SSSR count). The van der Waals surface area contributed by atoms with E-state index in [0.717, 1.165) is 22.7 Å². The van der Waals surface area contributed by atoms with E-state index in [0.29, 0.717) is 5.92 Å². The first-order valence-corrected chi connectivity index (χ1v) is 12.7. The Morgan fingerprint density at radius 2 is 1.89 bits per heavy atom. The number of nitrogens with zero attached hydrogens (tertiary/aromatic N) is 3. The summed E-state index contributed by atoms with van der Waals surface area (Å²) in [6.45, 7) is 6.86. The topological polar surface area (TPSA) is 38.7 Å². The number of hydrogen-bond acceptors (Lipinski definition) is 5. The summed E-state index contributed by atoms with van der Waals surface area (Å²) >= 11 is 3.71. The van der Waals surface area contributed by atoms with Crippen molar-refractivity contribution < 1.29 is 0 Å². The molecule has 0 aromatic carbocycles. The molecular weight excluding hydrogens is 382 g/mol. The highest BCUT2D eigenvalue weighted by molar-refractivity contribution is 7.99. The molecule has 28 heavy (non-hydrogen) atoms. The van der Waals surface area contributed by atoms with Crippen molar-refractivity contribution >= 4 is 43.5 Å². The van der Waals surface area contributed by atoms with Gasteiger partial charge in [-0.1, -0.05) is 40.0 Å². The van der Waals surface area contributed by atoms with Crippen molar-refractivity contribution in [2.24, 2.45) is 5.92 Å². The van der Waals surface area contributed by atoms with Gasteiger partial charge in [-0.15, -0.1) is 23.1 Å². The number of unbranched alkanes of at least 4 members (excludes halogenated alkanes) is 3. The van der Waals surface area contributed by atoms with E-state index in [4.69, 9.17) is 9.97 Å². The number of fused-ring (bicyclic) bond motifs is 5. The number of hydrogen-bond donors (Lipinski definition) is 0. The lowest BCUT2D eigenvalue weighted by atomic mass is 9.87. The molecule has 0 fully saturated rings. The first-order valence-electron chi connectivity index (χ1n) is 10.9. The summed E-state index contributed by atoms with van der Waals surface area (Å²) in [5.74, 6) is 1.78. The maximum atomic E-state index is 5.17. The van der Waals surface area contributed by atoms with Crippen LogP contribution < -0.4 is 0 Å². The second kappa shape index (κ2) is 9.08. The number of thiophene rings is 1. The smallest absolute Gasteiger partial charge is 0.126 e. The van der Waals surface area contributed by atoms with E-state index in [1.165, 1.54) is 83.1 Å². The van der Waals surface area contributed by atoms with Gasteiger partial charge in [-0.05, 0) is 61.3 Å². The van der Waals surface area contributed by atoms with Crippen LogP contribution in [0.3, 0.4) is 0 Å². The third kappa shape index (κ3) is 4.06. The lowest BCUT2D eigenvalue weighted by Gasteiger charge is -2.20. The van der Waals surface area contributed by atoms with E-state index >= 15 is 0 Å². The van der Waals surface area contributed by atoms with Crippen molar-refractivity contribution in [3.05, 3.63) is 23.1 Å². The first-order chi connectivity index (χ1) is 13.7. The third-order valence-corrected chi connectivity index (χ3v) is 7.90. The van der Waals surface area contributed by atoms with Crippen LogP contribution in [0.2, 0.25) is 0 Å². The number of pyridine rings is 1. The maximum absolute atomic E-state index is 5.17. The highest BCUT2D eigenvalue weighted by Gasteiger charge is 2.23. The molecule has 0 spiro atoms. The van der Waals surface area contributed by atoms with Crippen LogP contribution in [0.1, 0.15) is 76.1 Å². The van der Waals surface area contributed by atoms with Crippen LogP contribution in [0.4, 0.5) is 0 Å². The Bertz CT molecular complexity index is 962. The number of thioether (sulfide) groups is 1. The molecule has 1 aliphatic carbocycles. The molecule has 0 radical (unpaired) electrons. The van der Waals surface area contributed by atoms with Crippen molar-refractivity contribution in [2.75, 3.05) is 5.75 Å². The molecule has 0 unspecified atom stereocenters. The Labute approximate surface area is 176 Å². The maximum Gasteiger partial charge on any atom is 0.126 e. The summed E-state index contributed by atoms with van der Waals surface area (Å²) in [7, 11) is 0. The van der Waals surface area contributed by atoms with Gasteiger partial charge in [0.25, 0.3) is 0 Å². The zero-order valence-corrected chi connectivity index (χ0v) is 19.0. The fourth-order valence-electron chi connectivity index (χ4n) is 4.27. The van der Waals surface area contributed by atoms with E-state index in [-0.39, 0.29) is 0 Å². The summed E-state index contributed by atoms with van der Waals surface area (Å²) in [5, 5.41) is 2.48. The Balaban J connectivity index is 1.76. The highest BCUT2D eigenvalue weighted by Crippen LogP contribution is 2.41. The summed E-state index contributed by atoms with van der Waals surface area (Å²) in [5.41, 5.74) is 5.55. The monoisotopic (exact) mass is 413 g/mol. The van der Waals surface area contributed by atoms with Gasteiger partial charge in [-0.2, -0.15) is 0 Å². The Morgan fingerprint density at radius 1 is 1.07 bits per heavy atom. The SMILES string of the molecule is CCCCCCSc1ncnc2c1sc1nc(CC(C)C)c3c(c12)CCCC3. The molecule has 5 heteroatoms. The van der Waals surface area contributed by atoms with E-state index in [9.17, 15) is 0 Å². The van der Waals surface area contributed by atoms with Crippen LogP contribution in [0, 0.1) is 5.92 Å². The Hall–Kier alpha value is -1.20. The van der Waals surface area contributed by atoms with Crippen molar-refractivity contribution in [3.63, 3.8) is 0 Å². The molecule has 0 aliphatic heterocycles. The molecule has 3 nitrogen and oxygen atoms in total. The van der Waals surface area contributed by atoms with Crippen molar-refractivity contribution in [2.45, 2.75) is 83.6 Å². The summed E-state index contributed by atoms with van der Waals surface area (Å²) < 4.78 is 1.25. The molecule has 0 saturated carbocycles. The second-order valence-electron chi connectivity index (χ2n) is 8.37. The molecular formula is C23H31N3S2. The lowest BCUT2D eigenvalue weighted by molar-refractivity contribution is 0.615. The van der Waals surface area contributed by atoms with Crippen LogP contribution >= 0.6 is 23.1 Å². The van der Waals surface area contributed by atoms with Gasteiger partial charge in [-0.3, -0.25) is 0 Å². The number of rotatable bonds is 8. The van der Waals surface area contributed by atoms with Gasteiger partial charge in [0, 0.05) is 11.1 Å². The first kappa shape index (κ1) is 20.1. The van der Waals surface area contributed by atoms with Crippen molar-refractivity contribution in [3.8, 4) is 0 Å². The van der Waals surface area contributed by atoms with Gasteiger partial charge in [0.15, 0.2) is 0 Å². The molecule has 0 N–H and O–H groups in total. The normalized spacial score (nSPS) is 14.3. The lowest BCUT2D eigenvalue weighted by Crippen LogP contribution is -2.11. The van der Waals surface area contributed by atoms with Gasteiger partial charge < -0.3 is 0 Å². The van der Waals surface area contributed by atoms with Crippen LogP contribution in [0.15, 0.2) is 11.4 Å². The Kier molecular flexibility index (Phi) is 6.52. The standard InChI is InChI=1S/C23H31N3S2/c1-4-5-6-9-12-27-23-21-20(24-14-25-23)19-17-11-8-7-10-16(17)18(13-15(2)3)26-22(19)28-21/h14-15H,4-13H2,1-3H3. The fourth-order valence-corrected chi connectivity index (χ4v) is 6.53. The largest absolute Gasteiger partial charge is 0.242 e. The zero-order chi connectivity index (χ0) is 19.5. The Morgan fingerprint density at radius 3 is 2.68 bits per heavy atom. The molecule has 3 heterocycles. The van der Waals surface area contributed by atoms with Crippen LogP contribution in [-0.4, -0.2) is 20.7 Å². The minimum atomic E-state index is 0.638. The van der Waals surface area contributed by atoms with Crippen molar-refractivity contribution in [1.82, 2.24) is 15.0 Å². The molecule has 150 valence electrons. The average molecular weight is 414 g/mol. The zero-order valence-electron chi connectivity index (χ0n) is 17.4. The molecule has 1 aliphatic rings. The summed E-state index contributed by atoms with van der Waals surface area (Å²) in [6.07, 6.45) is 13.0. The number of aryl methyl sites for hydroxylation is 1. The van der Waals surface area contributed by atoms with Crippen molar-refractivity contribution in [1.29, 1.82) is 0 Å². The van der Waals surface area contributed by atoms with Gasteiger partial charge in [0.2, 0.25) is 0 Å². The minimum absolute atomic E-state index is 0.638. The van der Waals surface area contributed by atoms with Gasteiger partial charge in [0.05, 0.1) is 10.2 Å². The predicted molar refractivity (Wildman–Crippen MR) is 123 cm³/mol. The van der Waals surface area contributed by atoms with E-state index < -0.39 is 0 Å². The second-order valence-corrected chi connectivity index (χ2v) is 10.5. The van der Waals surface area contributed by atoms with Crippen LogP contribution in [-0.2, 0) is 19.3 Å².